The largest absolute Gasteiger partial charge is 0.298 e. The molecule has 0 radical (unpaired) electrons. The van der Waals surface area contributed by atoms with Gasteiger partial charge in [0, 0.05) is 11.3 Å². The molecule has 0 atom stereocenters. The molecule has 1 heterocycles. The lowest BCUT2D eigenvalue weighted by Gasteiger charge is -2.05. The summed E-state index contributed by atoms with van der Waals surface area (Å²) in [5, 5.41) is 3.30. The quantitative estimate of drug-likeness (QED) is 0.747. The Morgan fingerprint density at radius 2 is 1.83 bits per heavy atom. The summed E-state index contributed by atoms with van der Waals surface area (Å²) >= 11 is 1.41. The van der Waals surface area contributed by atoms with Gasteiger partial charge in [0.25, 0.3) is 5.91 Å². The second-order valence-corrected chi connectivity index (χ2v) is 8.13. The third kappa shape index (κ3) is 3.72. The Balaban J connectivity index is 1.77. The minimum Gasteiger partial charge on any atom is -0.298 e. The Morgan fingerprint density at radius 1 is 1.12 bits per heavy atom. The SMILES string of the molecule is Cc1cccc2sc(NC(=O)c3ccc(NS(C)(=O)=O)cc3)nc12. The van der Waals surface area contributed by atoms with E-state index in [0.717, 1.165) is 22.0 Å². The van der Waals surface area contributed by atoms with E-state index in [1.807, 2.05) is 25.1 Å². The van der Waals surface area contributed by atoms with E-state index in [0.29, 0.717) is 16.4 Å². The van der Waals surface area contributed by atoms with Gasteiger partial charge < -0.3 is 0 Å². The van der Waals surface area contributed by atoms with Gasteiger partial charge >= 0.3 is 0 Å². The van der Waals surface area contributed by atoms with Crippen LogP contribution in [-0.4, -0.2) is 25.6 Å². The minimum absolute atomic E-state index is 0.294. The van der Waals surface area contributed by atoms with Crippen molar-refractivity contribution in [3.63, 3.8) is 0 Å². The highest BCUT2D eigenvalue weighted by molar-refractivity contribution is 7.92. The molecule has 2 aromatic carbocycles. The minimum atomic E-state index is -3.34. The number of nitrogens with zero attached hydrogens (tertiary/aromatic N) is 1. The van der Waals surface area contributed by atoms with Crippen molar-refractivity contribution in [2.45, 2.75) is 6.92 Å². The normalized spacial score (nSPS) is 11.4. The molecule has 0 aliphatic heterocycles. The van der Waals surface area contributed by atoms with Crippen LogP contribution < -0.4 is 10.0 Å². The van der Waals surface area contributed by atoms with E-state index in [-0.39, 0.29) is 5.91 Å². The molecule has 0 saturated carbocycles. The summed E-state index contributed by atoms with van der Waals surface area (Å²) in [5.74, 6) is -0.294. The summed E-state index contributed by atoms with van der Waals surface area (Å²) in [6.45, 7) is 1.97. The summed E-state index contributed by atoms with van der Waals surface area (Å²) in [7, 11) is -3.34. The lowest BCUT2D eigenvalue weighted by molar-refractivity contribution is 0.102. The van der Waals surface area contributed by atoms with Crippen LogP contribution in [0, 0.1) is 6.92 Å². The second kappa shape index (κ2) is 6.21. The van der Waals surface area contributed by atoms with Crippen LogP contribution in [0.3, 0.4) is 0 Å². The molecule has 0 bridgehead atoms. The highest BCUT2D eigenvalue weighted by Gasteiger charge is 2.11. The van der Waals surface area contributed by atoms with Crippen molar-refractivity contribution in [2.75, 3.05) is 16.3 Å². The highest BCUT2D eigenvalue weighted by Crippen LogP contribution is 2.28. The number of thiazole rings is 1. The monoisotopic (exact) mass is 361 g/mol. The van der Waals surface area contributed by atoms with Gasteiger partial charge in [-0.15, -0.1) is 0 Å². The van der Waals surface area contributed by atoms with Gasteiger partial charge in [0.15, 0.2) is 5.13 Å². The molecule has 1 aromatic heterocycles. The molecule has 0 spiro atoms. The number of para-hydroxylation sites is 1. The maximum atomic E-state index is 12.3. The lowest BCUT2D eigenvalue weighted by Crippen LogP contribution is -2.12. The fourth-order valence-corrected chi connectivity index (χ4v) is 3.72. The van der Waals surface area contributed by atoms with E-state index in [2.05, 4.69) is 15.0 Å². The highest BCUT2D eigenvalue weighted by atomic mass is 32.2. The fourth-order valence-electron chi connectivity index (χ4n) is 2.21. The summed E-state index contributed by atoms with van der Waals surface area (Å²) in [6, 6.07) is 12.1. The van der Waals surface area contributed by atoms with Crippen LogP contribution in [0.1, 0.15) is 15.9 Å². The first-order valence-electron chi connectivity index (χ1n) is 7.07. The molecule has 0 aliphatic rings. The zero-order valence-electron chi connectivity index (χ0n) is 13.0. The van der Waals surface area contributed by atoms with Crippen LogP contribution in [-0.2, 0) is 10.0 Å². The molecular formula is C16H15N3O3S2. The van der Waals surface area contributed by atoms with Crippen molar-refractivity contribution in [3.8, 4) is 0 Å². The standard InChI is InChI=1S/C16H15N3O3S2/c1-10-4-3-5-13-14(10)17-16(23-13)18-15(20)11-6-8-12(9-7-11)19-24(2,21)22/h3-9,19H,1-2H3,(H,17,18,20). The van der Waals surface area contributed by atoms with E-state index in [4.69, 9.17) is 0 Å². The number of carbonyl (C=O) groups excluding carboxylic acids is 1. The van der Waals surface area contributed by atoms with E-state index >= 15 is 0 Å². The summed E-state index contributed by atoms with van der Waals surface area (Å²) in [5.41, 5.74) is 2.76. The van der Waals surface area contributed by atoms with E-state index in [1.54, 1.807) is 24.3 Å². The van der Waals surface area contributed by atoms with Gasteiger partial charge in [-0.3, -0.25) is 14.8 Å². The van der Waals surface area contributed by atoms with E-state index < -0.39 is 10.0 Å². The molecule has 124 valence electrons. The Kier molecular flexibility index (Phi) is 4.25. The zero-order chi connectivity index (χ0) is 17.3. The molecule has 24 heavy (non-hydrogen) atoms. The van der Waals surface area contributed by atoms with Crippen molar-refractivity contribution in [2.24, 2.45) is 0 Å². The molecule has 6 nitrogen and oxygen atoms in total. The summed E-state index contributed by atoms with van der Waals surface area (Å²) < 4.78 is 25.7. The Morgan fingerprint density at radius 3 is 2.46 bits per heavy atom. The first-order valence-corrected chi connectivity index (χ1v) is 9.78. The summed E-state index contributed by atoms with van der Waals surface area (Å²) in [6.07, 6.45) is 1.07. The van der Waals surface area contributed by atoms with Crippen LogP contribution in [0.15, 0.2) is 42.5 Å². The van der Waals surface area contributed by atoms with Gasteiger partial charge in [-0.05, 0) is 42.8 Å². The molecule has 8 heteroatoms. The topological polar surface area (TPSA) is 88.2 Å². The number of hydrogen-bond acceptors (Lipinski definition) is 5. The Labute approximate surface area is 143 Å². The number of aryl methyl sites for hydroxylation is 1. The number of benzene rings is 2. The fraction of sp³-hybridized carbons (Fsp3) is 0.125. The van der Waals surface area contributed by atoms with Gasteiger partial charge in [-0.2, -0.15) is 0 Å². The van der Waals surface area contributed by atoms with Gasteiger partial charge in [0.2, 0.25) is 10.0 Å². The number of sulfonamides is 1. The molecular weight excluding hydrogens is 346 g/mol. The van der Waals surface area contributed by atoms with Gasteiger partial charge in [0.1, 0.15) is 0 Å². The third-order valence-electron chi connectivity index (χ3n) is 3.29. The van der Waals surface area contributed by atoms with Crippen molar-refractivity contribution in [1.82, 2.24) is 4.98 Å². The number of amides is 1. The Hall–Kier alpha value is -2.45. The number of hydrogen-bond donors (Lipinski definition) is 2. The van der Waals surface area contributed by atoms with Crippen LogP contribution >= 0.6 is 11.3 Å². The third-order valence-corrected chi connectivity index (χ3v) is 4.83. The maximum Gasteiger partial charge on any atom is 0.257 e. The molecule has 0 saturated heterocycles. The number of rotatable bonds is 4. The van der Waals surface area contributed by atoms with Crippen LogP contribution in [0.5, 0.6) is 0 Å². The zero-order valence-corrected chi connectivity index (χ0v) is 14.7. The first-order chi connectivity index (χ1) is 11.3. The molecule has 3 rings (SSSR count). The number of aromatic nitrogens is 1. The molecule has 3 aromatic rings. The maximum absolute atomic E-state index is 12.3. The number of anilines is 2. The van der Waals surface area contributed by atoms with Crippen LogP contribution in [0.2, 0.25) is 0 Å². The van der Waals surface area contributed by atoms with Crippen molar-refractivity contribution >= 4 is 48.3 Å². The molecule has 0 unspecified atom stereocenters. The predicted octanol–water partition coefficient (Wildman–Crippen LogP) is 3.23. The molecule has 0 aliphatic carbocycles. The number of nitrogens with one attached hydrogen (secondary N) is 2. The first kappa shape index (κ1) is 16.4. The Bertz CT molecular complexity index is 1010. The smallest absolute Gasteiger partial charge is 0.257 e. The average Bonchev–Trinajstić information content (AvgIpc) is 2.90. The average molecular weight is 361 g/mol. The van der Waals surface area contributed by atoms with Crippen LogP contribution in [0.25, 0.3) is 10.2 Å². The van der Waals surface area contributed by atoms with Crippen LogP contribution in [0.4, 0.5) is 10.8 Å². The second-order valence-electron chi connectivity index (χ2n) is 5.35. The van der Waals surface area contributed by atoms with Gasteiger partial charge in [-0.25, -0.2) is 13.4 Å². The van der Waals surface area contributed by atoms with Crippen molar-refractivity contribution in [1.29, 1.82) is 0 Å². The lowest BCUT2D eigenvalue weighted by atomic mass is 10.2. The number of carbonyl (C=O) groups is 1. The number of fused-ring (bicyclic) bond motifs is 1. The van der Waals surface area contributed by atoms with E-state index in [9.17, 15) is 13.2 Å². The van der Waals surface area contributed by atoms with Gasteiger partial charge in [0.05, 0.1) is 16.5 Å². The predicted molar refractivity (Wildman–Crippen MR) is 97.2 cm³/mol. The van der Waals surface area contributed by atoms with Crippen molar-refractivity contribution in [3.05, 3.63) is 53.6 Å². The molecule has 1 amide bonds. The molecule has 2 N–H and O–H groups in total. The van der Waals surface area contributed by atoms with Gasteiger partial charge in [-0.1, -0.05) is 23.5 Å². The van der Waals surface area contributed by atoms with Crippen molar-refractivity contribution < 1.29 is 13.2 Å². The van der Waals surface area contributed by atoms with E-state index in [1.165, 1.54) is 11.3 Å². The molecule has 0 fully saturated rings. The summed E-state index contributed by atoms with van der Waals surface area (Å²) in [4.78, 5) is 16.7.